The summed E-state index contributed by atoms with van der Waals surface area (Å²) in [5.74, 6) is 4.45. The number of nitrogen functional groups attached to an aromatic ring is 2. The van der Waals surface area contributed by atoms with Gasteiger partial charge >= 0.3 is 5.97 Å². The van der Waals surface area contributed by atoms with Gasteiger partial charge in [0, 0.05) is 0 Å². The van der Waals surface area contributed by atoms with Gasteiger partial charge in [0.2, 0.25) is 0 Å². The van der Waals surface area contributed by atoms with Crippen LogP contribution in [0.1, 0.15) is 23.7 Å². The number of benzene rings is 1. The summed E-state index contributed by atoms with van der Waals surface area (Å²) in [7, 11) is 1.38. The summed E-state index contributed by atoms with van der Waals surface area (Å²) >= 11 is 0. The zero-order valence-corrected chi connectivity index (χ0v) is 10.9. The van der Waals surface area contributed by atoms with Crippen molar-refractivity contribution in [3.8, 4) is 5.75 Å². The number of nitrogens with one attached hydrogen (secondary N) is 1. The van der Waals surface area contributed by atoms with E-state index >= 15 is 0 Å². The van der Waals surface area contributed by atoms with E-state index in [0.717, 1.165) is 0 Å². The van der Waals surface area contributed by atoms with Gasteiger partial charge in [-0.15, -0.1) is 0 Å². The molecule has 1 aromatic carbocycles. The Morgan fingerprint density at radius 1 is 1.37 bits per heavy atom. The van der Waals surface area contributed by atoms with E-state index in [9.17, 15) is 9.59 Å². The number of ether oxygens (including phenoxy) is 2. The standard InChI is InChI=1S/C12H17N3O4/c1-3-19-10(17)6-9(16)7-4-5-8(15-14)11(13)12(7)18-2/h4-5,15H,3,6,13-14H2,1-2H3. The maximum Gasteiger partial charge on any atom is 0.313 e. The molecular weight excluding hydrogens is 250 g/mol. The lowest BCUT2D eigenvalue weighted by molar-refractivity contribution is -0.141. The molecule has 0 radical (unpaired) electrons. The van der Waals surface area contributed by atoms with Crippen LogP contribution in [0.5, 0.6) is 5.75 Å². The van der Waals surface area contributed by atoms with Gasteiger partial charge in [-0.1, -0.05) is 0 Å². The molecule has 1 aromatic rings. The Balaban J connectivity index is 3.03. The lowest BCUT2D eigenvalue weighted by Gasteiger charge is -2.13. The van der Waals surface area contributed by atoms with Crippen LogP contribution in [0, 0.1) is 0 Å². The summed E-state index contributed by atoms with van der Waals surface area (Å²) in [5.41, 5.74) is 9.04. The third kappa shape index (κ3) is 3.35. The molecule has 7 heteroatoms. The van der Waals surface area contributed by atoms with Gasteiger partial charge in [0.15, 0.2) is 11.5 Å². The second kappa shape index (κ2) is 6.60. The van der Waals surface area contributed by atoms with Gasteiger partial charge in [-0.2, -0.15) is 0 Å². The molecule has 0 bridgehead atoms. The van der Waals surface area contributed by atoms with Crippen molar-refractivity contribution in [2.45, 2.75) is 13.3 Å². The number of ketones is 1. The molecule has 104 valence electrons. The van der Waals surface area contributed by atoms with Crippen LogP contribution in [-0.2, 0) is 9.53 Å². The lowest BCUT2D eigenvalue weighted by atomic mass is 10.0. The average Bonchev–Trinajstić information content (AvgIpc) is 2.38. The topological polar surface area (TPSA) is 117 Å². The number of Topliss-reactive ketones (excluding diaryl/α,β-unsaturated/α-hetero) is 1. The molecule has 0 saturated heterocycles. The first-order valence-electron chi connectivity index (χ1n) is 5.67. The SMILES string of the molecule is CCOC(=O)CC(=O)c1ccc(NN)c(N)c1OC. The quantitative estimate of drug-likeness (QED) is 0.173. The Morgan fingerprint density at radius 2 is 2.05 bits per heavy atom. The number of hydrazine groups is 1. The van der Waals surface area contributed by atoms with Crippen molar-refractivity contribution >= 4 is 23.1 Å². The Hall–Kier alpha value is -2.28. The highest BCUT2D eigenvalue weighted by molar-refractivity contribution is 6.09. The molecule has 1 rings (SSSR count). The highest BCUT2D eigenvalue weighted by Gasteiger charge is 2.20. The van der Waals surface area contributed by atoms with E-state index in [1.54, 1.807) is 6.92 Å². The lowest BCUT2D eigenvalue weighted by Crippen LogP contribution is -2.14. The molecule has 0 aliphatic rings. The van der Waals surface area contributed by atoms with Crippen LogP contribution in [0.3, 0.4) is 0 Å². The molecule has 0 amide bonds. The number of carbonyl (C=O) groups excluding carboxylic acids is 2. The first-order chi connectivity index (χ1) is 9.04. The fourth-order valence-electron chi connectivity index (χ4n) is 1.60. The third-order valence-electron chi connectivity index (χ3n) is 2.47. The zero-order chi connectivity index (χ0) is 14.4. The van der Waals surface area contributed by atoms with Crippen molar-refractivity contribution in [2.24, 2.45) is 5.84 Å². The number of anilines is 2. The van der Waals surface area contributed by atoms with E-state index in [-0.39, 0.29) is 30.0 Å². The van der Waals surface area contributed by atoms with Crippen molar-refractivity contribution in [3.63, 3.8) is 0 Å². The smallest absolute Gasteiger partial charge is 0.313 e. The molecule has 0 unspecified atom stereocenters. The maximum atomic E-state index is 12.0. The second-order valence-corrected chi connectivity index (χ2v) is 3.66. The van der Waals surface area contributed by atoms with Gasteiger partial charge in [-0.25, -0.2) is 0 Å². The minimum absolute atomic E-state index is 0.185. The van der Waals surface area contributed by atoms with E-state index in [1.807, 2.05) is 0 Å². The Labute approximate surface area is 110 Å². The van der Waals surface area contributed by atoms with Gasteiger partial charge in [0.05, 0.1) is 30.7 Å². The number of hydrogen-bond acceptors (Lipinski definition) is 7. The summed E-state index contributed by atoms with van der Waals surface area (Å²) < 4.78 is 9.81. The monoisotopic (exact) mass is 267 g/mol. The van der Waals surface area contributed by atoms with Crippen molar-refractivity contribution in [3.05, 3.63) is 17.7 Å². The van der Waals surface area contributed by atoms with Crippen LogP contribution in [0.2, 0.25) is 0 Å². The first-order valence-corrected chi connectivity index (χ1v) is 5.67. The molecule has 19 heavy (non-hydrogen) atoms. The molecule has 7 nitrogen and oxygen atoms in total. The van der Waals surface area contributed by atoms with Gasteiger partial charge in [-0.3, -0.25) is 15.4 Å². The highest BCUT2D eigenvalue weighted by Crippen LogP contribution is 2.33. The molecule has 0 aromatic heterocycles. The van der Waals surface area contributed by atoms with Gasteiger partial charge < -0.3 is 20.6 Å². The Kier molecular flexibility index (Phi) is 5.13. The molecule has 0 fully saturated rings. The maximum absolute atomic E-state index is 12.0. The molecule has 5 N–H and O–H groups in total. The normalized spacial score (nSPS) is 9.84. The largest absolute Gasteiger partial charge is 0.494 e. The van der Waals surface area contributed by atoms with Gasteiger partial charge in [-0.05, 0) is 19.1 Å². The molecule has 0 aliphatic heterocycles. The van der Waals surface area contributed by atoms with Crippen LogP contribution in [0.4, 0.5) is 11.4 Å². The number of hydrogen-bond donors (Lipinski definition) is 3. The van der Waals surface area contributed by atoms with E-state index in [2.05, 4.69) is 5.43 Å². The molecule has 0 heterocycles. The van der Waals surface area contributed by atoms with Crippen LogP contribution >= 0.6 is 0 Å². The summed E-state index contributed by atoms with van der Waals surface area (Å²) in [5, 5.41) is 0. The van der Waals surface area contributed by atoms with Crippen LogP contribution in [0.25, 0.3) is 0 Å². The summed E-state index contributed by atoms with van der Waals surface area (Å²) in [6.45, 7) is 1.89. The highest BCUT2D eigenvalue weighted by atomic mass is 16.5. The number of rotatable bonds is 6. The average molecular weight is 267 g/mol. The van der Waals surface area contributed by atoms with Crippen LogP contribution in [0.15, 0.2) is 12.1 Å². The predicted molar refractivity (Wildman–Crippen MR) is 70.8 cm³/mol. The summed E-state index contributed by atoms with van der Waals surface area (Å²) in [4.78, 5) is 23.3. The van der Waals surface area contributed by atoms with E-state index in [4.69, 9.17) is 21.1 Å². The number of carbonyl (C=O) groups is 2. The first kappa shape index (κ1) is 14.8. The summed E-state index contributed by atoms with van der Waals surface area (Å²) in [6, 6.07) is 3.03. The van der Waals surface area contributed by atoms with Gasteiger partial charge in [0.1, 0.15) is 6.42 Å². The van der Waals surface area contributed by atoms with E-state index < -0.39 is 11.8 Å². The van der Waals surface area contributed by atoms with E-state index in [0.29, 0.717) is 5.69 Å². The van der Waals surface area contributed by atoms with Crippen molar-refractivity contribution in [1.82, 2.24) is 0 Å². The molecule has 0 atom stereocenters. The van der Waals surface area contributed by atoms with E-state index in [1.165, 1.54) is 19.2 Å². The molecule has 0 aliphatic carbocycles. The fraction of sp³-hybridized carbons (Fsp3) is 0.333. The number of methoxy groups -OCH3 is 1. The molecule has 0 spiro atoms. The van der Waals surface area contributed by atoms with Crippen molar-refractivity contribution in [2.75, 3.05) is 24.9 Å². The predicted octanol–water partition coefficient (Wildman–Crippen LogP) is 0.699. The minimum Gasteiger partial charge on any atom is -0.494 e. The van der Waals surface area contributed by atoms with Crippen molar-refractivity contribution < 1.29 is 19.1 Å². The second-order valence-electron chi connectivity index (χ2n) is 3.66. The van der Waals surface area contributed by atoms with Crippen LogP contribution < -0.4 is 21.7 Å². The number of nitrogens with two attached hydrogens (primary N) is 2. The fourth-order valence-corrected chi connectivity index (χ4v) is 1.60. The molecule has 0 saturated carbocycles. The third-order valence-corrected chi connectivity index (χ3v) is 2.47. The Bertz CT molecular complexity index is 488. The molecular formula is C12H17N3O4. The van der Waals surface area contributed by atoms with Crippen molar-refractivity contribution in [1.29, 1.82) is 0 Å². The number of esters is 1. The Morgan fingerprint density at radius 3 is 2.58 bits per heavy atom. The zero-order valence-electron chi connectivity index (χ0n) is 10.9. The van der Waals surface area contributed by atoms with Crippen LogP contribution in [-0.4, -0.2) is 25.5 Å². The van der Waals surface area contributed by atoms with Gasteiger partial charge in [0.25, 0.3) is 0 Å². The minimum atomic E-state index is -0.589. The summed E-state index contributed by atoms with van der Waals surface area (Å²) in [6.07, 6.45) is -0.362.